The molecule has 190 valence electrons. The Morgan fingerprint density at radius 2 is 1.53 bits per heavy atom. The summed E-state index contributed by atoms with van der Waals surface area (Å²) >= 11 is 1.16. The van der Waals surface area contributed by atoms with Crippen molar-refractivity contribution in [3.05, 3.63) is 116 Å². The Morgan fingerprint density at radius 3 is 2.24 bits per heavy atom. The summed E-state index contributed by atoms with van der Waals surface area (Å²) in [5, 5.41) is 8.39. The number of hydrogen-bond acceptors (Lipinski definition) is 10. The van der Waals surface area contributed by atoms with Gasteiger partial charge in [-0.2, -0.15) is 18.6 Å². The molecule has 5 aromatic rings. The Kier molecular flexibility index (Phi) is 6.68. The molecule has 0 saturated carbocycles. The van der Waals surface area contributed by atoms with Gasteiger partial charge in [0.15, 0.2) is 5.36 Å². The molecular weight excluding hydrogens is 526 g/mol. The number of anilines is 2. The molecule has 1 aromatic heterocycles. The minimum atomic E-state index is -4.40. The molecule has 0 aliphatic heterocycles. The lowest BCUT2D eigenvalue weighted by Crippen LogP contribution is -2.47. The van der Waals surface area contributed by atoms with Crippen molar-refractivity contribution in [2.45, 2.75) is 11.8 Å². The second-order valence-corrected chi connectivity index (χ2v) is 10.6. The number of fused-ring (bicyclic) bond motifs is 1. The summed E-state index contributed by atoms with van der Waals surface area (Å²) in [5.41, 5.74) is 7.17. The molecule has 12 heteroatoms. The van der Waals surface area contributed by atoms with Crippen LogP contribution in [0.1, 0.15) is 5.56 Å². The van der Waals surface area contributed by atoms with E-state index in [0.29, 0.717) is 32.2 Å². The first-order valence-electron chi connectivity index (χ1n) is 11.2. The van der Waals surface area contributed by atoms with Crippen molar-refractivity contribution in [2.24, 2.45) is 10.2 Å². The zero-order valence-corrected chi connectivity index (χ0v) is 21.4. The summed E-state index contributed by atoms with van der Waals surface area (Å²) in [6.07, 6.45) is 0. The summed E-state index contributed by atoms with van der Waals surface area (Å²) in [6.45, 7) is 1.61. The molecule has 0 atom stereocenters. The largest absolute Gasteiger partial charge is 0.296 e. The van der Waals surface area contributed by atoms with Crippen LogP contribution in [0.25, 0.3) is 20.8 Å². The van der Waals surface area contributed by atoms with Gasteiger partial charge in [-0.1, -0.05) is 24.3 Å². The summed E-state index contributed by atoms with van der Waals surface area (Å²) in [4.78, 5) is 29.3. The molecule has 5 rings (SSSR count). The van der Waals surface area contributed by atoms with Crippen molar-refractivity contribution in [1.29, 1.82) is 0 Å². The minimum absolute atomic E-state index is 0.0153. The zero-order valence-electron chi connectivity index (χ0n) is 19.7. The third kappa shape index (κ3) is 5.13. The number of rotatable bonds is 6. The number of nitrogens with zero attached hydrogens (tertiary/aromatic N) is 3. The SMILES string of the molecule is Cc1ccc2nc(-c3ccc(N/N=c4\ccc(=O)/c(=N\Nc5ccccc5)c4=O)cc3)sc2c1S(=O)(=O)O. The van der Waals surface area contributed by atoms with Crippen LogP contribution in [0.3, 0.4) is 0 Å². The fraction of sp³-hybridized carbons (Fsp3) is 0.0385. The second-order valence-electron chi connectivity index (χ2n) is 8.21. The van der Waals surface area contributed by atoms with Gasteiger partial charge < -0.3 is 0 Å². The number of hydrogen-bond donors (Lipinski definition) is 3. The third-order valence-corrected chi connectivity index (χ3v) is 7.86. The van der Waals surface area contributed by atoms with Crippen molar-refractivity contribution in [1.82, 2.24) is 4.98 Å². The fourth-order valence-electron chi connectivity index (χ4n) is 3.69. The first-order chi connectivity index (χ1) is 18.2. The van der Waals surface area contributed by atoms with Gasteiger partial charge in [0, 0.05) is 5.56 Å². The van der Waals surface area contributed by atoms with E-state index in [-0.39, 0.29) is 15.6 Å². The monoisotopic (exact) mass is 545 g/mol. The summed E-state index contributed by atoms with van der Waals surface area (Å²) in [7, 11) is -4.40. The Morgan fingerprint density at radius 1 is 0.842 bits per heavy atom. The van der Waals surface area contributed by atoms with E-state index in [2.05, 4.69) is 26.0 Å². The highest BCUT2D eigenvalue weighted by molar-refractivity contribution is 7.86. The number of thiazole rings is 1. The van der Waals surface area contributed by atoms with E-state index in [1.54, 1.807) is 67.6 Å². The van der Waals surface area contributed by atoms with E-state index in [0.717, 1.165) is 16.9 Å². The molecule has 10 nitrogen and oxygen atoms in total. The van der Waals surface area contributed by atoms with E-state index < -0.39 is 21.0 Å². The van der Waals surface area contributed by atoms with Crippen LogP contribution in [0.15, 0.2) is 104 Å². The molecule has 0 fully saturated rings. The average molecular weight is 546 g/mol. The number of para-hydroxylation sites is 1. The van der Waals surface area contributed by atoms with Crippen LogP contribution < -0.4 is 32.4 Å². The highest BCUT2D eigenvalue weighted by atomic mass is 32.2. The number of aryl methyl sites for hydroxylation is 1. The summed E-state index contributed by atoms with van der Waals surface area (Å²) < 4.78 is 33.8. The molecule has 0 aliphatic rings. The van der Waals surface area contributed by atoms with Crippen LogP contribution in [0.5, 0.6) is 0 Å². The normalized spacial score (nSPS) is 12.7. The van der Waals surface area contributed by atoms with Gasteiger partial charge in [-0.15, -0.1) is 11.3 Å². The van der Waals surface area contributed by atoms with Gasteiger partial charge in [0.2, 0.25) is 10.9 Å². The van der Waals surface area contributed by atoms with Crippen molar-refractivity contribution in [3.63, 3.8) is 0 Å². The van der Waals surface area contributed by atoms with Crippen molar-refractivity contribution in [2.75, 3.05) is 10.9 Å². The lowest BCUT2D eigenvalue weighted by Gasteiger charge is -2.02. The van der Waals surface area contributed by atoms with E-state index in [1.807, 2.05) is 6.07 Å². The van der Waals surface area contributed by atoms with Gasteiger partial charge in [0.25, 0.3) is 10.1 Å². The van der Waals surface area contributed by atoms with E-state index in [1.165, 1.54) is 12.1 Å². The number of nitrogens with one attached hydrogen (secondary N) is 2. The van der Waals surface area contributed by atoms with Gasteiger partial charge in [0.05, 0.1) is 21.6 Å². The van der Waals surface area contributed by atoms with E-state index >= 15 is 0 Å². The maximum absolute atomic E-state index is 12.7. The zero-order chi connectivity index (χ0) is 26.9. The smallest absolute Gasteiger partial charge is 0.287 e. The third-order valence-electron chi connectivity index (χ3n) is 5.55. The van der Waals surface area contributed by atoms with E-state index in [9.17, 15) is 22.6 Å². The average Bonchev–Trinajstić information content (AvgIpc) is 3.32. The van der Waals surface area contributed by atoms with Gasteiger partial charge in [-0.25, -0.2) is 4.98 Å². The molecule has 38 heavy (non-hydrogen) atoms. The molecule has 3 N–H and O–H groups in total. The minimum Gasteiger partial charge on any atom is -0.287 e. The first-order valence-corrected chi connectivity index (χ1v) is 13.4. The van der Waals surface area contributed by atoms with Crippen molar-refractivity contribution >= 4 is 43.0 Å². The molecule has 4 aromatic carbocycles. The predicted molar refractivity (Wildman–Crippen MR) is 146 cm³/mol. The molecule has 1 heterocycles. The Balaban J connectivity index is 1.41. The molecule has 0 bridgehead atoms. The maximum Gasteiger partial charge on any atom is 0.296 e. The Bertz CT molecular complexity index is 2000. The quantitative estimate of drug-likeness (QED) is 0.218. The van der Waals surface area contributed by atoms with Crippen molar-refractivity contribution in [3.8, 4) is 10.6 Å². The van der Waals surface area contributed by atoms with E-state index in [4.69, 9.17) is 0 Å². The molecule has 0 radical (unpaired) electrons. The van der Waals surface area contributed by atoms with Crippen LogP contribution in [0.2, 0.25) is 0 Å². The molecule has 0 spiro atoms. The molecule has 0 saturated heterocycles. The standard InChI is InChI=1S/C26H19N5O5S2/c1-15-7-12-20-24(25(15)38(34,35)36)37-26(27-20)16-8-10-18(11-9-16)28-30-19-13-14-21(32)22(23(19)33)31-29-17-5-3-2-4-6-17/h2-14,28-29H,1H3,(H,34,35,36)/b30-19+,31-22+. The van der Waals surface area contributed by atoms with Gasteiger partial charge in [-0.3, -0.25) is 25.0 Å². The maximum atomic E-state index is 12.7. The van der Waals surface area contributed by atoms with Gasteiger partial charge in [0.1, 0.15) is 15.3 Å². The lowest BCUT2D eigenvalue weighted by atomic mass is 10.2. The molecular formula is C26H19N5O5S2. The van der Waals surface area contributed by atoms with Gasteiger partial charge >= 0.3 is 0 Å². The first kappa shape index (κ1) is 25.1. The Labute approximate surface area is 219 Å². The fourth-order valence-corrected chi connectivity index (χ4v) is 6.01. The summed E-state index contributed by atoms with van der Waals surface area (Å²) in [6, 6.07) is 21.7. The summed E-state index contributed by atoms with van der Waals surface area (Å²) in [5.74, 6) is 0. The van der Waals surface area contributed by atoms with Crippen molar-refractivity contribution < 1.29 is 13.0 Å². The van der Waals surface area contributed by atoms with Crippen LogP contribution in [-0.2, 0) is 10.1 Å². The van der Waals surface area contributed by atoms with Crippen LogP contribution in [-0.4, -0.2) is 18.0 Å². The van der Waals surface area contributed by atoms with Crippen LogP contribution in [0.4, 0.5) is 11.4 Å². The van der Waals surface area contributed by atoms with Crippen LogP contribution in [0, 0.1) is 6.92 Å². The van der Waals surface area contributed by atoms with Crippen LogP contribution >= 0.6 is 11.3 Å². The van der Waals surface area contributed by atoms with Gasteiger partial charge in [-0.05, 0) is 67.1 Å². The molecule has 0 amide bonds. The second kappa shape index (κ2) is 10.1. The predicted octanol–water partition coefficient (Wildman–Crippen LogP) is 2.97. The number of benzene rings is 4. The topological polar surface area (TPSA) is 150 Å². The molecule has 0 unspecified atom stereocenters. The molecule has 0 aliphatic carbocycles. The Hall–Kier alpha value is -4.52. The lowest BCUT2D eigenvalue weighted by molar-refractivity contribution is 0.483. The number of aromatic nitrogens is 1. The highest BCUT2D eigenvalue weighted by Crippen LogP contribution is 2.36. The highest BCUT2D eigenvalue weighted by Gasteiger charge is 2.20.